The topological polar surface area (TPSA) is 51.6 Å². The lowest BCUT2D eigenvalue weighted by Gasteiger charge is -2.25. The predicted octanol–water partition coefficient (Wildman–Crippen LogP) is 1.65. The molecule has 1 N–H and O–H groups in total. The monoisotopic (exact) mass is 251 g/mol. The van der Waals surface area contributed by atoms with Gasteiger partial charge in [0.2, 0.25) is 0 Å². The van der Waals surface area contributed by atoms with Crippen molar-refractivity contribution >= 4 is 0 Å². The van der Waals surface area contributed by atoms with Crippen molar-refractivity contribution in [2.75, 3.05) is 26.9 Å². The Morgan fingerprint density at radius 3 is 2.83 bits per heavy atom. The molecule has 100 valence electrons. The highest BCUT2D eigenvalue weighted by molar-refractivity contribution is 5.41. The van der Waals surface area contributed by atoms with Crippen LogP contribution in [0.25, 0.3) is 0 Å². The number of ether oxygens (including phenoxy) is 2. The summed E-state index contributed by atoms with van der Waals surface area (Å²) in [5.74, 6) is 0.895. The van der Waals surface area contributed by atoms with E-state index >= 15 is 0 Å². The predicted molar refractivity (Wildman–Crippen MR) is 68.9 cm³/mol. The normalized spacial score (nSPS) is 23.3. The molecule has 0 aliphatic carbocycles. The van der Waals surface area contributed by atoms with E-state index in [-0.39, 0.29) is 12.0 Å². The van der Waals surface area contributed by atoms with E-state index in [1.54, 1.807) is 7.11 Å². The van der Waals surface area contributed by atoms with E-state index in [1.807, 2.05) is 20.0 Å². The van der Waals surface area contributed by atoms with Crippen molar-refractivity contribution in [2.45, 2.75) is 26.7 Å². The molecule has 1 unspecified atom stereocenters. The van der Waals surface area contributed by atoms with Gasteiger partial charge >= 0.3 is 0 Å². The summed E-state index contributed by atoms with van der Waals surface area (Å²) in [4.78, 5) is 4.50. The van der Waals surface area contributed by atoms with Crippen LogP contribution in [0.3, 0.4) is 0 Å². The summed E-state index contributed by atoms with van der Waals surface area (Å²) in [5, 5.41) is 9.61. The van der Waals surface area contributed by atoms with Crippen LogP contribution in [0, 0.1) is 19.3 Å². The summed E-state index contributed by atoms with van der Waals surface area (Å²) in [7, 11) is 1.68. The lowest BCUT2D eigenvalue weighted by atomic mass is 9.82. The van der Waals surface area contributed by atoms with Gasteiger partial charge in [-0.1, -0.05) is 0 Å². The van der Waals surface area contributed by atoms with Crippen LogP contribution in [-0.2, 0) is 11.2 Å². The molecule has 1 aliphatic heterocycles. The Morgan fingerprint density at radius 2 is 2.28 bits per heavy atom. The first-order chi connectivity index (χ1) is 8.62. The first-order valence-electron chi connectivity index (χ1n) is 6.29. The van der Waals surface area contributed by atoms with E-state index in [0.29, 0.717) is 6.61 Å². The lowest BCUT2D eigenvalue weighted by molar-refractivity contribution is 0.0926. The smallest absolute Gasteiger partial charge is 0.128 e. The van der Waals surface area contributed by atoms with Crippen LogP contribution >= 0.6 is 0 Å². The molecule has 0 radical (unpaired) electrons. The SMILES string of the molecule is COc1c(C)cnc(CC2(CO)CCOC2)c1C. The molecule has 1 aromatic heterocycles. The Kier molecular flexibility index (Phi) is 3.88. The number of hydrogen-bond donors (Lipinski definition) is 1. The molecular weight excluding hydrogens is 230 g/mol. The number of aryl methyl sites for hydroxylation is 1. The number of aromatic nitrogens is 1. The zero-order valence-corrected chi connectivity index (χ0v) is 11.3. The van der Waals surface area contributed by atoms with Gasteiger partial charge < -0.3 is 14.6 Å². The molecule has 0 amide bonds. The minimum atomic E-state index is -0.169. The van der Waals surface area contributed by atoms with Crippen molar-refractivity contribution in [3.8, 4) is 5.75 Å². The van der Waals surface area contributed by atoms with Gasteiger partial charge in [-0.3, -0.25) is 4.98 Å². The van der Waals surface area contributed by atoms with Crippen molar-refractivity contribution in [3.63, 3.8) is 0 Å². The number of methoxy groups -OCH3 is 1. The highest BCUT2D eigenvalue weighted by Gasteiger charge is 2.35. The summed E-state index contributed by atoms with van der Waals surface area (Å²) in [5.41, 5.74) is 2.94. The molecule has 1 saturated heterocycles. The largest absolute Gasteiger partial charge is 0.496 e. The highest BCUT2D eigenvalue weighted by Crippen LogP contribution is 2.34. The fourth-order valence-corrected chi connectivity index (χ4v) is 2.57. The summed E-state index contributed by atoms with van der Waals surface area (Å²) in [6, 6.07) is 0. The van der Waals surface area contributed by atoms with Gasteiger partial charge in [0.1, 0.15) is 5.75 Å². The second kappa shape index (κ2) is 5.24. The van der Waals surface area contributed by atoms with Gasteiger partial charge in [-0.15, -0.1) is 0 Å². The second-order valence-electron chi connectivity index (χ2n) is 5.18. The molecule has 2 rings (SSSR count). The number of rotatable bonds is 4. The Bertz CT molecular complexity index is 425. The summed E-state index contributed by atoms with van der Waals surface area (Å²) < 4.78 is 10.8. The van der Waals surface area contributed by atoms with Crippen LogP contribution in [-0.4, -0.2) is 37.0 Å². The molecule has 1 aromatic rings. The van der Waals surface area contributed by atoms with Crippen molar-refractivity contribution in [3.05, 3.63) is 23.0 Å². The van der Waals surface area contributed by atoms with Gasteiger partial charge in [0, 0.05) is 41.5 Å². The van der Waals surface area contributed by atoms with E-state index in [1.165, 1.54) is 0 Å². The van der Waals surface area contributed by atoms with Crippen LogP contribution < -0.4 is 4.74 Å². The number of aliphatic hydroxyl groups is 1. The average Bonchev–Trinajstić information content (AvgIpc) is 2.83. The number of pyridine rings is 1. The maximum Gasteiger partial charge on any atom is 0.128 e. The van der Waals surface area contributed by atoms with Gasteiger partial charge in [0.25, 0.3) is 0 Å². The Hall–Kier alpha value is -1.13. The van der Waals surface area contributed by atoms with Crippen molar-refractivity contribution in [2.24, 2.45) is 5.41 Å². The van der Waals surface area contributed by atoms with E-state index < -0.39 is 0 Å². The molecule has 0 aromatic carbocycles. The van der Waals surface area contributed by atoms with Gasteiger partial charge in [0.05, 0.1) is 20.3 Å². The Labute approximate surface area is 108 Å². The molecule has 4 heteroatoms. The molecule has 2 heterocycles. The molecule has 18 heavy (non-hydrogen) atoms. The van der Waals surface area contributed by atoms with E-state index in [9.17, 15) is 5.11 Å². The first kappa shape index (κ1) is 13.3. The third-order valence-corrected chi connectivity index (χ3v) is 3.81. The van der Waals surface area contributed by atoms with Crippen molar-refractivity contribution < 1.29 is 14.6 Å². The number of hydrogen-bond acceptors (Lipinski definition) is 4. The average molecular weight is 251 g/mol. The minimum Gasteiger partial charge on any atom is -0.496 e. The maximum atomic E-state index is 9.61. The van der Waals surface area contributed by atoms with Crippen LogP contribution in [0.15, 0.2) is 6.20 Å². The fraction of sp³-hybridized carbons (Fsp3) is 0.643. The Morgan fingerprint density at radius 1 is 1.50 bits per heavy atom. The molecule has 0 spiro atoms. The molecule has 4 nitrogen and oxygen atoms in total. The van der Waals surface area contributed by atoms with Gasteiger partial charge in [-0.2, -0.15) is 0 Å². The summed E-state index contributed by atoms with van der Waals surface area (Å²) >= 11 is 0. The van der Waals surface area contributed by atoms with Crippen molar-refractivity contribution in [1.29, 1.82) is 0 Å². The molecule has 1 atom stereocenters. The maximum absolute atomic E-state index is 9.61. The zero-order chi connectivity index (χ0) is 13.2. The van der Waals surface area contributed by atoms with Gasteiger partial charge in [-0.05, 0) is 20.3 Å². The third-order valence-electron chi connectivity index (χ3n) is 3.81. The number of aliphatic hydroxyl groups excluding tert-OH is 1. The van der Waals surface area contributed by atoms with Gasteiger partial charge in [-0.25, -0.2) is 0 Å². The zero-order valence-electron chi connectivity index (χ0n) is 11.3. The van der Waals surface area contributed by atoms with Crippen molar-refractivity contribution in [1.82, 2.24) is 4.98 Å². The fourth-order valence-electron chi connectivity index (χ4n) is 2.57. The molecule has 1 fully saturated rings. The summed E-state index contributed by atoms with van der Waals surface area (Å²) in [6.45, 7) is 5.49. The van der Waals surface area contributed by atoms with Crippen LogP contribution in [0.2, 0.25) is 0 Å². The quantitative estimate of drug-likeness (QED) is 0.884. The third kappa shape index (κ3) is 2.35. The van der Waals surface area contributed by atoms with E-state index in [2.05, 4.69) is 4.98 Å². The van der Waals surface area contributed by atoms with Crippen LogP contribution in [0.4, 0.5) is 0 Å². The van der Waals surface area contributed by atoms with Gasteiger partial charge in [0.15, 0.2) is 0 Å². The van der Waals surface area contributed by atoms with Crippen LogP contribution in [0.1, 0.15) is 23.2 Å². The lowest BCUT2D eigenvalue weighted by Crippen LogP contribution is -2.29. The van der Waals surface area contributed by atoms with E-state index in [0.717, 1.165) is 42.0 Å². The first-order valence-corrected chi connectivity index (χ1v) is 6.29. The Balaban J connectivity index is 2.29. The molecule has 1 aliphatic rings. The second-order valence-corrected chi connectivity index (χ2v) is 5.18. The number of nitrogens with zero attached hydrogens (tertiary/aromatic N) is 1. The molecule has 0 saturated carbocycles. The standard InChI is InChI=1S/C14H21NO3/c1-10-7-15-12(11(2)13(10)17-3)6-14(8-16)4-5-18-9-14/h7,16H,4-6,8-9H2,1-3H3. The molecule has 0 bridgehead atoms. The highest BCUT2D eigenvalue weighted by atomic mass is 16.5. The van der Waals surface area contributed by atoms with Crippen LogP contribution in [0.5, 0.6) is 5.75 Å². The van der Waals surface area contributed by atoms with E-state index in [4.69, 9.17) is 9.47 Å². The minimum absolute atomic E-state index is 0.143. The summed E-state index contributed by atoms with van der Waals surface area (Å²) in [6.07, 6.45) is 3.47. The molecular formula is C14H21NO3.